The lowest BCUT2D eigenvalue weighted by molar-refractivity contribution is 0.0523. The quantitative estimate of drug-likeness (QED) is 0.671. The minimum absolute atomic E-state index is 0.0427. The van der Waals surface area contributed by atoms with Crippen molar-refractivity contribution in [1.29, 1.82) is 0 Å². The minimum atomic E-state index is -0.487. The van der Waals surface area contributed by atoms with E-state index in [9.17, 15) is 9.90 Å². The first-order chi connectivity index (χ1) is 6.15. The summed E-state index contributed by atoms with van der Waals surface area (Å²) >= 11 is 2.06. The molecule has 70 valence electrons. The fraction of sp³-hybridized carbons (Fsp3) is 0.222. The number of ether oxygens (including phenoxy) is 1. The van der Waals surface area contributed by atoms with Gasteiger partial charge in [-0.25, -0.2) is 4.79 Å². The van der Waals surface area contributed by atoms with Crippen molar-refractivity contribution < 1.29 is 14.6 Å². The Morgan fingerprint density at radius 1 is 1.62 bits per heavy atom. The van der Waals surface area contributed by atoms with Crippen molar-refractivity contribution in [2.75, 3.05) is 6.61 Å². The molecular formula is C9H9IO3. The van der Waals surface area contributed by atoms with E-state index < -0.39 is 5.97 Å². The summed E-state index contributed by atoms with van der Waals surface area (Å²) in [7, 11) is 0. The van der Waals surface area contributed by atoms with Crippen molar-refractivity contribution in [2.45, 2.75) is 6.92 Å². The third-order valence-electron chi connectivity index (χ3n) is 1.45. The molecule has 4 heteroatoms. The Hall–Kier alpha value is -0.780. The molecule has 0 spiro atoms. The van der Waals surface area contributed by atoms with Gasteiger partial charge in [0.15, 0.2) is 0 Å². The fourth-order valence-corrected chi connectivity index (χ4v) is 1.37. The second-order valence-corrected chi connectivity index (χ2v) is 3.63. The highest BCUT2D eigenvalue weighted by Crippen LogP contribution is 2.20. The molecule has 0 fully saturated rings. The van der Waals surface area contributed by atoms with Gasteiger partial charge in [0.2, 0.25) is 0 Å². The number of phenolic OH excluding ortho intramolecular Hbond substituents is 1. The lowest BCUT2D eigenvalue weighted by Gasteiger charge is -2.03. The predicted octanol–water partition coefficient (Wildman–Crippen LogP) is 2.17. The van der Waals surface area contributed by atoms with Crippen molar-refractivity contribution in [3.05, 3.63) is 27.3 Å². The third kappa shape index (κ3) is 2.58. The summed E-state index contributed by atoms with van der Waals surface area (Å²) in [4.78, 5) is 11.2. The molecule has 0 radical (unpaired) electrons. The molecule has 0 bridgehead atoms. The summed E-state index contributed by atoms with van der Waals surface area (Å²) in [5, 5.41) is 9.33. The van der Waals surface area contributed by atoms with Crippen molar-refractivity contribution in [2.24, 2.45) is 0 Å². The van der Waals surface area contributed by atoms with Gasteiger partial charge in [-0.3, -0.25) is 0 Å². The Morgan fingerprint density at radius 2 is 2.31 bits per heavy atom. The van der Waals surface area contributed by atoms with Crippen molar-refractivity contribution in [3.63, 3.8) is 0 Å². The molecular weight excluding hydrogens is 283 g/mol. The summed E-state index contributed by atoms with van der Waals surface area (Å²) in [6, 6.07) is 4.79. The van der Waals surface area contributed by atoms with Gasteiger partial charge >= 0.3 is 5.97 Å². The van der Waals surface area contributed by atoms with E-state index in [1.165, 1.54) is 6.07 Å². The third-order valence-corrected chi connectivity index (χ3v) is 2.12. The normalized spacial score (nSPS) is 9.69. The second-order valence-electron chi connectivity index (χ2n) is 2.38. The molecule has 0 aromatic heterocycles. The van der Waals surface area contributed by atoms with Crippen LogP contribution in [0.5, 0.6) is 5.75 Å². The van der Waals surface area contributed by atoms with Crippen LogP contribution in [0.15, 0.2) is 18.2 Å². The van der Waals surface area contributed by atoms with Crippen LogP contribution in [0, 0.1) is 3.57 Å². The zero-order chi connectivity index (χ0) is 9.84. The van der Waals surface area contributed by atoms with Gasteiger partial charge in [-0.15, -0.1) is 0 Å². The number of carbonyl (C=O) groups excluding carboxylic acids is 1. The molecule has 0 aliphatic heterocycles. The molecule has 3 nitrogen and oxygen atoms in total. The van der Waals surface area contributed by atoms with Crippen LogP contribution in [-0.4, -0.2) is 17.7 Å². The number of benzene rings is 1. The van der Waals surface area contributed by atoms with Crippen LogP contribution in [0.1, 0.15) is 17.3 Å². The summed E-state index contributed by atoms with van der Waals surface area (Å²) in [5.74, 6) is -0.530. The average molecular weight is 292 g/mol. The Labute approximate surface area is 89.9 Å². The van der Waals surface area contributed by atoms with E-state index in [0.717, 1.165) is 3.57 Å². The summed E-state index contributed by atoms with van der Waals surface area (Å²) in [6.07, 6.45) is 0. The molecule has 0 aliphatic rings. The first-order valence-electron chi connectivity index (χ1n) is 3.80. The Morgan fingerprint density at radius 3 is 2.92 bits per heavy atom. The largest absolute Gasteiger partial charge is 0.507 e. The molecule has 1 rings (SSSR count). The number of carbonyl (C=O) groups is 1. The van der Waals surface area contributed by atoms with Gasteiger partial charge in [0.25, 0.3) is 0 Å². The Kier molecular flexibility index (Phi) is 3.53. The molecule has 1 N–H and O–H groups in total. The number of rotatable bonds is 2. The molecule has 0 atom stereocenters. The first kappa shape index (κ1) is 10.3. The number of phenols is 1. The molecule has 1 aromatic rings. The number of hydrogen-bond acceptors (Lipinski definition) is 3. The molecule has 0 amide bonds. The number of esters is 1. The van der Waals surface area contributed by atoms with Gasteiger partial charge in [0.1, 0.15) is 11.3 Å². The lowest BCUT2D eigenvalue weighted by atomic mass is 10.2. The second kappa shape index (κ2) is 4.45. The van der Waals surface area contributed by atoms with E-state index in [-0.39, 0.29) is 11.3 Å². The zero-order valence-corrected chi connectivity index (χ0v) is 9.24. The maximum Gasteiger partial charge on any atom is 0.341 e. The van der Waals surface area contributed by atoms with Crippen LogP contribution in [0.3, 0.4) is 0 Å². The van der Waals surface area contributed by atoms with E-state index >= 15 is 0 Å². The highest BCUT2D eigenvalue weighted by atomic mass is 127. The van der Waals surface area contributed by atoms with E-state index in [4.69, 9.17) is 4.74 Å². The predicted molar refractivity (Wildman–Crippen MR) is 56.8 cm³/mol. The highest BCUT2D eigenvalue weighted by molar-refractivity contribution is 14.1. The molecule has 13 heavy (non-hydrogen) atoms. The van der Waals surface area contributed by atoms with Crippen molar-refractivity contribution >= 4 is 28.6 Å². The Balaban J connectivity index is 2.99. The SMILES string of the molecule is CCOC(=O)c1cc(I)ccc1O. The van der Waals surface area contributed by atoms with Crippen LogP contribution in [0.2, 0.25) is 0 Å². The van der Waals surface area contributed by atoms with E-state index in [2.05, 4.69) is 22.6 Å². The Bertz CT molecular complexity index is 323. The molecule has 0 heterocycles. The van der Waals surface area contributed by atoms with Crippen molar-refractivity contribution in [3.8, 4) is 5.75 Å². The van der Waals surface area contributed by atoms with Crippen LogP contribution < -0.4 is 0 Å². The van der Waals surface area contributed by atoms with Crippen LogP contribution in [-0.2, 0) is 4.74 Å². The molecule has 1 aromatic carbocycles. The van der Waals surface area contributed by atoms with Gasteiger partial charge in [0.05, 0.1) is 6.61 Å². The molecule has 0 aliphatic carbocycles. The average Bonchev–Trinajstić information content (AvgIpc) is 2.09. The van der Waals surface area contributed by atoms with Crippen LogP contribution in [0.4, 0.5) is 0 Å². The van der Waals surface area contributed by atoms with Gasteiger partial charge in [-0.05, 0) is 47.7 Å². The highest BCUT2D eigenvalue weighted by Gasteiger charge is 2.11. The lowest BCUT2D eigenvalue weighted by Crippen LogP contribution is -2.04. The fourth-order valence-electron chi connectivity index (χ4n) is 0.881. The number of aromatic hydroxyl groups is 1. The van der Waals surface area contributed by atoms with Gasteiger partial charge < -0.3 is 9.84 Å². The van der Waals surface area contributed by atoms with Crippen molar-refractivity contribution in [1.82, 2.24) is 0 Å². The summed E-state index contributed by atoms with van der Waals surface area (Å²) in [5.41, 5.74) is 0.216. The van der Waals surface area contributed by atoms with Gasteiger partial charge in [0, 0.05) is 3.57 Å². The minimum Gasteiger partial charge on any atom is -0.507 e. The monoisotopic (exact) mass is 292 g/mol. The van der Waals surface area contributed by atoms with Crippen LogP contribution >= 0.6 is 22.6 Å². The van der Waals surface area contributed by atoms with Gasteiger partial charge in [-0.2, -0.15) is 0 Å². The smallest absolute Gasteiger partial charge is 0.341 e. The summed E-state index contributed by atoms with van der Waals surface area (Å²) in [6.45, 7) is 2.03. The van der Waals surface area contributed by atoms with E-state index in [1.54, 1.807) is 19.1 Å². The maximum atomic E-state index is 11.2. The standard InChI is InChI=1S/C9H9IO3/c1-2-13-9(12)7-5-6(10)3-4-8(7)11/h3-5,11H,2H2,1H3. The molecule has 0 unspecified atom stereocenters. The molecule has 0 saturated heterocycles. The topological polar surface area (TPSA) is 46.5 Å². The zero-order valence-electron chi connectivity index (χ0n) is 7.08. The summed E-state index contributed by atoms with van der Waals surface area (Å²) < 4.78 is 5.65. The van der Waals surface area contributed by atoms with Crippen LogP contribution in [0.25, 0.3) is 0 Å². The first-order valence-corrected chi connectivity index (χ1v) is 4.88. The van der Waals surface area contributed by atoms with E-state index in [0.29, 0.717) is 6.61 Å². The molecule has 0 saturated carbocycles. The number of hydrogen-bond donors (Lipinski definition) is 1. The van der Waals surface area contributed by atoms with E-state index in [1.807, 2.05) is 0 Å². The number of halogens is 1. The maximum absolute atomic E-state index is 11.2. The van der Waals surface area contributed by atoms with Gasteiger partial charge in [-0.1, -0.05) is 0 Å².